The second kappa shape index (κ2) is 6.28. The molecule has 0 aliphatic heterocycles. The molecule has 16 heavy (non-hydrogen) atoms. The fourth-order valence-corrected chi connectivity index (χ4v) is 1.76. The molecular formula is C13H19NO2. The standard InChI is InChI=1S/C13H19NO2/c1-3-7-10(2)14-12(13(15)16)11-8-5-4-6-9-11/h4-6,8-10,12,14H,3,7H2,1-2H3,(H,15,16). The molecule has 3 nitrogen and oxygen atoms in total. The lowest BCUT2D eigenvalue weighted by atomic mass is 10.1. The van der Waals surface area contributed by atoms with Crippen LogP contribution in [0.3, 0.4) is 0 Å². The van der Waals surface area contributed by atoms with Crippen LogP contribution in [-0.4, -0.2) is 17.1 Å². The summed E-state index contributed by atoms with van der Waals surface area (Å²) in [4.78, 5) is 11.2. The van der Waals surface area contributed by atoms with E-state index in [-0.39, 0.29) is 6.04 Å². The number of carbonyl (C=O) groups is 1. The second-order valence-corrected chi connectivity index (χ2v) is 4.04. The van der Waals surface area contributed by atoms with Gasteiger partial charge in [-0.05, 0) is 18.9 Å². The molecule has 0 heterocycles. The van der Waals surface area contributed by atoms with Crippen LogP contribution in [0, 0.1) is 0 Å². The second-order valence-electron chi connectivity index (χ2n) is 4.04. The van der Waals surface area contributed by atoms with Crippen molar-refractivity contribution in [2.75, 3.05) is 0 Å². The van der Waals surface area contributed by atoms with Crippen LogP contribution < -0.4 is 5.32 Å². The number of nitrogens with one attached hydrogen (secondary N) is 1. The van der Waals surface area contributed by atoms with Gasteiger partial charge in [0, 0.05) is 6.04 Å². The first-order valence-corrected chi connectivity index (χ1v) is 5.69. The minimum Gasteiger partial charge on any atom is -0.480 e. The van der Waals surface area contributed by atoms with Crippen molar-refractivity contribution in [2.45, 2.75) is 38.8 Å². The quantitative estimate of drug-likeness (QED) is 0.776. The highest BCUT2D eigenvalue weighted by atomic mass is 16.4. The molecule has 0 saturated carbocycles. The van der Waals surface area contributed by atoms with E-state index < -0.39 is 12.0 Å². The predicted octanol–water partition coefficient (Wildman–Crippen LogP) is 2.59. The number of hydrogen-bond acceptors (Lipinski definition) is 2. The van der Waals surface area contributed by atoms with Gasteiger partial charge in [-0.3, -0.25) is 10.1 Å². The van der Waals surface area contributed by atoms with E-state index in [4.69, 9.17) is 0 Å². The van der Waals surface area contributed by atoms with Crippen LogP contribution in [-0.2, 0) is 4.79 Å². The Morgan fingerprint density at radius 3 is 2.50 bits per heavy atom. The zero-order chi connectivity index (χ0) is 12.0. The summed E-state index contributed by atoms with van der Waals surface area (Å²) in [6.45, 7) is 4.11. The van der Waals surface area contributed by atoms with Gasteiger partial charge in [0.2, 0.25) is 0 Å². The number of carboxylic acid groups (broad SMARTS) is 1. The highest BCUT2D eigenvalue weighted by Crippen LogP contribution is 2.14. The van der Waals surface area contributed by atoms with E-state index in [1.54, 1.807) is 0 Å². The molecule has 2 unspecified atom stereocenters. The molecule has 2 atom stereocenters. The Kier molecular flexibility index (Phi) is 4.99. The smallest absolute Gasteiger partial charge is 0.325 e. The number of carboxylic acids is 1. The van der Waals surface area contributed by atoms with Crippen molar-refractivity contribution in [2.24, 2.45) is 0 Å². The molecule has 0 bridgehead atoms. The molecule has 0 aliphatic carbocycles. The Morgan fingerprint density at radius 2 is 2.00 bits per heavy atom. The summed E-state index contributed by atoms with van der Waals surface area (Å²) in [5, 5.41) is 12.3. The number of rotatable bonds is 6. The van der Waals surface area contributed by atoms with Crippen molar-refractivity contribution in [3.63, 3.8) is 0 Å². The Balaban J connectivity index is 2.73. The number of benzene rings is 1. The zero-order valence-electron chi connectivity index (χ0n) is 9.81. The summed E-state index contributed by atoms with van der Waals surface area (Å²) in [5.74, 6) is -0.825. The maximum Gasteiger partial charge on any atom is 0.325 e. The van der Waals surface area contributed by atoms with Crippen LogP contribution in [0.5, 0.6) is 0 Å². The van der Waals surface area contributed by atoms with E-state index in [9.17, 15) is 9.90 Å². The van der Waals surface area contributed by atoms with Crippen LogP contribution in [0.15, 0.2) is 30.3 Å². The van der Waals surface area contributed by atoms with Crippen molar-refractivity contribution in [3.05, 3.63) is 35.9 Å². The van der Waals surface area contributed by atoms with Crippen LogP contribution in [0.2, 0.25) is 0 Å². The summed E-state index contributed by atoms with van der Waals surface area (Å²) in [6, 6.07) is 8.89. The van der Waals surface area contributed by atoms with E-state index in [1.807, 2.05) is 37.3 Å². The lowest BCUT2D eigenvalue weighted by Gasteiger charge is -2.20. The van der Waals surface area contributed by atoms with Crippen molar-refractivity contribution in [1.82, 2.24) is 5.32 Å². The molecule has 0 aliphatic rings. The minimum absolute atomic E-state index is 0.214. The molecule has 1 aromatic rings. The van der Waals surface area contributed by atoms with Crippen molar-refractivity contribution < 1.29 is 9.90 Å². The van der Waals surface area contributed by atoms with Crippen molar-refractivity contribution in [1.29, 1.82) is 0 Å². The summed E-state index contributed by atoms with van der Waals surface area (Å²) >= 11 is 0. The van der Waals surface area contributed by atoms with Gasteiger partial charge in [0.25, 0.3) is 0 Å². The number of hydrogen-bond donors (Lipinski definition) is 2. The average molecular weight is 221 g/mol. The van der Waals surface area contributed by atoms with Crippen molar-refractivity contribution >= 4 is 5.97 Å². The van der Waals surface area contributed by atoms with Gasteiger partial charge >= 0.3 is 5.97 Å². The summed E-state index contributed by atoms with van der Waals surface area (Å²) in [7, 11) is 0. The molecule has 0 aromatic heterocycles. The molecule has 0 fully saturated rings. The topological polar surface area (TPSA) is 49.3 Å². The van der Waals surface area contributed by atoms with Gasteiger partial charge in [-0.15, -0.1) is 0 Å². The molecule has 2 N–H and O–H groups in total. The molecule has 1 rings (SSSR count). The lowest BCUT2D eigenvalue weighted by molar-refractivity contribution is -0.139. The summed E-state index contributed by atoms with van der Waals surface area (Å²) in [6.07, 6.45) is 2.03. The van der Waals surface area contributed by atoms with Gasteiger partial charge in [-0.2, -0.15) is 0 Å². The van der Waals surface area contributed by atoms with E-state index >= 15 is 0 Å². The van der Waals surface area contributed by atoms with Gasteiger partial charge in [0.15, 0.2) is 0 Å². The Bertz CT molecular complexity index is 324. The lowest BCUT2D eigenvalue weighted by Crippen LogP contribution is -2.35. The van der Waals surface area contributed by atoms with E-state index in [1.165, 1.54) is 0 Å². The molecular weight excluding hydrogens is 202 g/mol. The Morgan fingerprint density at radius 1 is 1.38 bits per heavy atom. The molecule has 0 saturated heterocycles. The van der Waals surface area contributed by atoms with Gasteiger partial charge in [0.1, 0.15) is 6.04 Å². The minimum atomic E-state index is -0.825. The predicted molar refractivity (Wildman–Crippen MR) is 64.3 cm³/mol. The highest BCUT2D eigenvalue weighted by Gasteiger charge is 2.20. The summed E-state index contributed by atoms with van der Waals surface area (Å²) in [5.41, 5.74) is 0.804. The largest absolute Gasteiger partial charge is 0.480 e. The third-order valence-corrected chi connectivity index (χ3v) is 2.55. The number of aliphatic carboxylic acids is 1. The normalized spacial score (nSPS) is 14.4. The monoisotopic (exact) mass is 221 g/mol. The molecule has 0 spiro atoms. The van der Waals surface area contributed by atoms with Crippen molar-refractivity contribution in [3.8, 4) is 0 Å². The Labute approximate surface area is 96.5 Å². The van der Waals surface area contributed by atoms with Crippen LogP contribution in [0.1, 0.15) is 38.3 Å². The molecule has 0 amide bonds. The first kappa shape index (κ1) is 12.7. The van der Waals surface area contributed by atoms with E-state index in [0.717, 1.165) is 18.4 Å². The molecule has 3 heteroatoms. The van der Waals surface area contributed by atoms with Gasteiger partial charge < -0.3 is 5.11 Å². The third kappa shape index (κ3) is 3.66. The maximum absolute atomic E-state index is 11.2. The summed E-state index contributed by atoms with van der Waals surface area (Å²) < 4.78 is 0. The van der Waals surface area contributed by atoms with Crippen LogP contribution >= 0.6 is 0 Å². The van der Waals surface area contributed by atoms with Gasteiger partial charge in [-0.1, -0.05) is 43.7 Å². The van der Waals surface area contributed by atoms with Gasteiger partial charge in [-0.25, -0.2) is 0 Å². The highest BCUT2D eigenvalue weighted by molar-refractivity contribution is 5.75. The third-order valence-electron chi connectivity index (χ3n) is 2.55. The van der Waals surface area contributed by atoms with Gasteiger partial charge in [0.05, 0.1) is 0 Å². The van der Waals surface area contributed by atoms with E-state index in [0.29, 0.717) is 0 Å². The zero-order valence-corrected chi connectivity index (χ0v) is 9.81. The van der Waals surface area contributed by atoms with Crippen LogP contribution in [0.25, 0.3) is 0 Å². The SMILES string of the molecule is CCCC(C)NC(C(=O)O)c1ccccc1. The first-order chi connectivity index (χ1) is 7.65. The first-order valence-electron chi connectivity index (χ1n) is 5.69. The Hall–Kier alpha value is -1.35. The van der Waals surface area contributed by atoms with Crippen LogP contribution in [0.4, 0.5) is 0 Å². The average Bonchev–Trinajstić information content (AvgIpc) is 2.27. The van der Waals surface area contributed by atoms with E-state index in [2.05, 4.69) is 12.2 Å². The fourth-order valence-electron chi connectivity index (χ4n) is 1.76. The molecule has 1 aromatic carbocycles. The maximum atomic E-state index is 11.2. The fraction of sp³-hybridized carbons (Fsp3) is 0.462. The molecule has 0 radical (unpaired) electrons. The molecule has 88 valence electrons.